The van der Waals surface area contributed by atoms with Gasteiger partial charge in [0.25, 0.3) is 5.91 Å². The van der Waals surface area contributed by atoms with Crippen molar-refractivity contribution in [2.75, 3.05) is 5.32 Å². The molecule has 4 rings (SSSR count). The van der Waals surface area contributed by atoms with Crippen LogP contribution in [0.3, 0.4) is 0 Å². The standard InChI is InChI=1S/C23H23FN2O3S/c24-21-14-13-18(30(28,29)26-17-9-2-1-3-10-17)15-20(21)23(27)25-22-12-6-8-16-7-4-5-11-19(16)22/h4-8,11-15,17,26H,1-3,9-10H2,(H,25,27). The molecule has 0 unspecified atom stereocenters. The van der Waals surface area contributed by atoms with Crippen molar-refractivity contribution in [3.8, 4) is 0 Å². The smallest absolute Gasteiger partial charge is 0.258 e. The third-order valence-electron chi connectivity index (χ3n) is 5.46. The van der Waals surface area contributed by atoms with E-state index in [1.165, 1.54) is 6.07 Å². The summed E-state index contributed by atoms with van der Waals surface area (Å²) >= 11 is 0. The lowest BCUT2D eigenvalue weighted by Crippen LogP contribution is -2.36. The Labute approximate surface area is 175 Å². The number of carbonyl (C=O) groups excluding carboxylic acids is 1. The number of fused-ring (bicyclic) bond motifs is 1. The van der Waals surface area contributed by atoms with Gasteiger partial charge in [-0.05, 0) is 42.5 Å². The second-order valence-electron chi connectivity index (χ2n) is 7.58. The van der Waals surface area contributed by atoms with E-state index < -0.39 is 21.7 Å². The lowest BCUT2D eigenvalue weighted by atomic mass is 9.96. The summed E-state index contributed by atoms with van der Waals surface area (Å²) in [4.78, 5) is 12.7. The lowest BCUT2D eigenvalue weighted by molar-refractivity contribution is 0.102. The van der Waals surface area contributed by atoms with E-state index in [-0.39, 0.29) is 16.5 Å². The van der Waals surface area contributed by atoms with Crippen LogP contribution in [-0.2, 0) is 10.0 Å². The first kappa shape index (κ1) is 20.5. The van der Waals surface area contributed by atoms with Gasteiger partial charge in [-0.3, -0.25) is 4.79 Å². The van der Waals surface area contributed by atoms with Crippen molar-refractivity contribution in [3.63, 3.8) is 0 Å². The molecule has 30 heavy (non-hydrogen) atoms. The average Bonchev–Trinajstić information content (AvgIpc) is 2.74. The van der Waals surface area contributed by atoms with Gasteiger partial charge in [-0.2, -0.15) is 0 Å². The molecule has 7 heteroatoms. The lowest BCUT2D eigenvalue weighted by Gasteiger charge is -2.22. The Morgan fingerprint density at radius 3 is 2.47 bits per heavy atom. The molecule has 1 amide bonds. The van der Waals surface area contributed by atoms with Crippen LogP contribution in [0.5, 0.6) is 0 Å². The van der Waals surface area contributed by atoms with Gasteiger partial charge in [0.1, 0.15) is 5.82 Å². The minimum atomic E-state index is -3.84. The molecule has 0 radical (unpaired) electrons. The van der Waals surface area contributed by atoms with E-state index in [0.717, 1.165) is 55.0 Å². The van der Waals surface area contributed by atoms with E-state index in [9.17, 15) is 17.6 Å². The highest BCUT2D eigenvalue weighted by atomic mass is 32.2. The van der Waals surface area contributed by atoms with Gasteiger partial charge >= 0.3 is 0 Å². The number of anilines is 1. The van der Waals surface area contributed by atoms with Crippen molar-refractivity contribution in [3.05, 3.63) is 72.0 Å². The number of nitrogens with one attached hydrogen (secondary N) is 2. The molecule has 156 valence electrons. The molecular formula is C23H23FN2O3S. The van der Waals surface area contributed by atoms with E-state index in [1.54, 1.807) is 12.1 Å². The highest BCUT2D eigenvalue weighted by molar-refractivity contribution is 7.89. The molecule has 1 saturated carbocycles. The number of rotatable bonds is 5. The van der Waals surface area contributed by atoms with E-state index in [4.69, 9.17) is 0 Å². The summed E-state index contributed by atoms with van der Waals surface area (Å²) in [6.45, 7) is 0. The zero-order valence-electron chi connectivity index (χ0n) is 16.4. The molecule has 2 N–H and O–H groups in total. The van der Waals surface area contributed by atoms with Crippen LogP contribution < -0.4 is 10.0 Å². The first-order valence-corrected chi connectivity index (χ1v) is 11.5. The Kier molecular flexibility index (Phi) is 5.83. The number of benzene rings is 3. The maximum Gasteiger partial charge on any atom is 0.258 e. The zero-order valence-corrected chi connectivity index (χ0v) is 17.2. The predicted molar refractivity (Wildman–Crippen MR) is 115 cm³/mol. The van der Waals surface area contributed by atoms with Gasteiger partial charge in [0.05, 0.1) is 10.5 Å². The number of sulfonamides is 1. The van der Waals surface area contributed by atoms with Crippen molar-refractivity contribution in [2.24, 2.45) is 0 Å². The molecule has 0 heterocycles. The average molecular weight is 427 g/mol. The molecule has 0 atom stereocenters. The van der Waals surface area contributed by atoms with E-state index in [2.05, 4.69) is 10.0 Å². The van der Waals surface area contributed by atoms with Crippen molar-refractivity contribution < 1.29 is 17.6 Å². The van der Waals surface area contributed by atoms with Crippen LogP contribution in [0, 0.1) is 5.82 Å². The van der Waals surface area contributed by atoms with Crippen LogP contribution in [-0.4, -0.2) is 20.4 Å². The van der Waals surface area contributed by atoms with Gasteiger partial charge in [0.2, 0.25) is 10.0 Å². The van der Waals surface area contributed by atoms with Gasteiger partial charge in [-0.15, -0.1) is 0 Å². The fourth-order valence-electron chi connectivity index (χ4n) is 3.88. The Bertz CT molecular complexity index is 1180. The molecule has 0 saturated heterocycles. The monoisotopic (exact) mass is 426 g/mol. The number of hydrogen-bond acceptors (Lipinski definition) is 3. The molecule has 3 aromatic rings. The largest absolute Gasteiger partial charge is 0.321 e. The SMILES string of the molecule is O=C(Nc1cccc2ccccc12)c1cc(S(=O)(=O)NC2CCCCC2)ccc1F. The summed E-state index contributed by atoms with van der Waals surface area (Å²) in [5, 5.41) is 4.46. The number of halogens is 1. The zero-order chi connectivity index (χ0) is 21.1. The summed E-state index contributed by atoms with van der Waals surface area (Å²) < 4.78 is 42.6. The Morgan fingerprint density at radius 2 is 1.67 bits per heavy atom. The van der Waals surface area contributed by atoms with Gasteiger partial charge in [0.15, 0.2) is 0 Å². The van der Waals surface area contributed by atoms with Crippen LogP contribution >= 0.6 is 0 Å². The molecule has 0 spiro atoms. The summed E-state index contributed by atoms with van der Waals surface area (Å²) in [7, 11) is -3.84. The normalized spacial score (nSPS) is 15.2. The van der Waals surface area contributed by atoms with Gasteiger partial charge in [0, 0.05) is 17.1 Å². The van der Waals surface area contributed by atoms with Gasteiger partial charge < -0.3 is 5.32 Å². The van der Waals surface area contributed by atoms with Crippen molar-refractivity contribution >= 4 is 32.4 Å². The van der Waals surface area contributed by atoms with Gasteiger partial charge in [-0.25, -0.2) is 17.5 Å². The molecule has 1 aliphatic rings. The minimum absolute atomic E-state index is 0.113. The van der Waals surface area contributed by atoms with Crippen molar-refractivity contribution in [1.82, 2.24) is 4.72 Å². The van der Waals surface area contributed by atoms with Gasteiger partial charge in [-0.1, -0.05) is 55.7 Å². The first-order valence-electron chi connectivity index (χ1n) is 10.0. The quantitative estimate of drug-likeness (QED) is 0.613. The third-order valence-corrected chi connectivity index (χ3v) is 6.98. The second-order valence-corrected chi connectivity index (χ2v) is 9.29. The predicted octanol–water partition coefficient (Wildman–Crippen LogP) is 4.84. The van der Waals surface area contributed by atoms with Crippen molar-refractivity contribution in [2.45, 2.75) is 43.0 Å². The summed E-state index contributed by atoms with van der Waals surface area (Å²) in [5.41, 5.74) is 0.223. The van der Waals surface area contributed by atoms with Crippen molar-refractivity contribution in [1.29, 1.82) is 0 Å². The van der Waals surface area contributed by atoms with Crippen LogP contribution in [0.2, 0.25) is 0 Å². The number of amides is 1. The van der Waals surface area contributed by atoms with Crippen LogP contribution in [0.1, 0.15) is 42.5 Å². The fourth-order valence-corrected chi connectivity index (χ4v) is 5.21. The fraction of sp³-hybridized carbons (Fsp3) is 0.261. The van der Waals surface area contributed by atoms with E-state index in [1.807, 2.05) is 30.3 Å². The minimum Gasteiger partial charge on any atom is -0.321 e. The molecule has 0 aromatic heterocycles. The van der Waals surface area contributed by atoms with Crippen LogP contribution in [0.4, 0.5) is 10.1 Å². The topological polar surface area (TPSA) is 75.3 Å². The Hall–Kier alpha value is -2.77. The number of hydrogen-bond donors (Lipinski definition) is 2. The first-order chi connectivity index (χ1) is 14.4. The number of carbonyl (C=O) groups is 1. The summed E-state index contributed by atoms with van der Waals surface area (Å²) in [6, 6.07) is 16.1. The molecule has 0 aliphatic heterocycles. The molecule has 5 nitrogen and oxygen atoms in total. The summed E-state index contributed by atoms with van der Waals surface area (Å²) in [5.74, 6) is -1.47. The molecule has 3 aromatic carbocycles. The van der Waals surface area contributed by atoms with Crippen LogP contribution in [0.15, 0.2) is 65.6 Å². The summed E-state index contributed by atoms with van der Waals surface area (Å²) in [6.07, 6.45) is 4.64. The highest BCUT2D eigenvalue weighted by Gasteiger charge is 2.24. The molecule has 1 aliphatic carbocycles. The van der Waals surface area contributed by atoms with E-state index >= 15 is 0 Å². The molecule has 1 fully saturated rings. The highest BCUT2D eigenvalue weighted by Crippen LogP contribution is 2.25. The molecule has 0 bridgehead atoms. The third kappa shape index (κ3) is 4.37. The maximum atomic E-state index is 14.4. The second kappa shape index (κ2) is 8.53. The molecular weight excluding hydrogens is 403 g/mol. The Balaban J connectivity index is 1.60. The van der Waals surface area contributed by atoms with E-state index in [0.29, 0.717) is 5.69 Å². The van der Waals surface area contributed by atoms with Crippen LogP contribution in [0.25, 0.3) is 10.8 Å². The maximum absolute atomic E-state index is 14.4. The Morgan fingerprint density at radius 1 is 0.933 bits per heavy atom.